The van der Waals surface area contributed by atoms with Crippen molar-refractivity contribution in [3.8, 4) is 0 Å². The lowest BCUT2D eigenvalue weighted by Crippen LogP contribution is -2.54. The summed E-state index contributed by atoms with van der Waals surface area (Å²) in [5, 5.41) is 3.53. The van der Waals surface area contributed by atoms with Gasteiger partial charge < -0.3 is 14.8 Å². The van der Waals surface area contributed by atoms with Crippen molar-refractivity contribution in [1.29, 1.82) is 0 Å². The molecule has 106 valence electrons. The van der Waals surface area contributed by atoms with Crippen LogP contribution in [0.15, 0.2) is 0 Å². The zero-order valence-electron chi connectivity index (χ0n) is 11.9. The number of rotatable bonds is 5. The second-order valence-electron chi connectivity index (χ2n) is 5.83. The molecule has 2 saturated heterocycles. The molecule has 0 aromatic rings. The van der Waals surface area contributed by atoms with Gasteiger partial charge in [-0.1, -0.05) is 6.92 Å². The highest BCUT2D eigenvalue weighted by atomic mass is 16.5. The molecule has 2 aliphatic rings. The molecule has 0 aromatic heterocycles. The van der Waals surface area contributed by atoms with E-state index in [-0.39, 0.29) is 0 Å². The molecule has 0 spiro atoms. The first kappa shape index (κ1) is 14.3. The maximum Gasteiger partial charge on any atom is 0.0619 e. The largest absolute Gasteiger partial charge is 0.381 e. The van der Waals surface area contributed by atoms with E-state index in [2.05, 4.69) is 24.1 Å². The molecule has 0 aromatic carbocycles. The molecule has 0 bridgehead atoms. The predicted molar refractivity (Wildman–Crippen MR) is 72.9 cm³/mol. The van der Waals surface area contributed by atoms with Gasteiger partial charge in [0.15, 0.2) is 0 Å². The lowest BCUT2D eigenvalue weighted by Gasteiger charge is -2.44. The lowest BCUT2D eigenvalue weighted by atomic mass is 9.81. The van der Waals surface area contributed by atoms with Crippen LogP contribution in [-0.4, -0.2) is 63.5 Å². The summed E-state index contributed by atoms with van der Waals surface area (Å²) in [4.78, 5) is 2.58. The highest BCUT2D eigenvalue weighted by Crippen LogP contribution is 2.30. The second kappa shape index (κ2) is 6.85. The van der Waals surface area contributed by atoms with Crippen LogP contribution in [0.4, 0.5) is 0 Å². The summed E-state index contributed by atoms with van der Waals surface area (Å²) in [7, 11) is 0. The Bertz CT molecular complexity index is 242. The quantitative estimate of drug-likeness (QED) is 0.799. The third-order valence-electron chi connectivity index (χ3n) is 4.20. The van der Waals surface area contributed by atoms with Crippen LogP contribution in [0.5, 0.6) is 0 Å². The van der Waals surface area contributed by atoms with Gasteiger partial charge in [0.1, 0.15) is 0 Å². The van der Waals surface area contributed by atoms with Crippen LogP contribution < -0.4 is 5.32 Å². The minimum absolute atomic E-state index is 0.305. The SMILES string of the molecule is CCNCC1(CN2CCOCC2C)CCCOC1. The van der Waals surface area contributed by atoms with Crippen LogP contribution >= 0.6 is 0 Å². The molecule has 2 atom stereocenters. The lowest BCUT2D eigenvalue weighted by molar-refractivity contribution is -0.0620. The van der Waals surface area contributed by atoms with Crippen molar-refractivity contribution in [2.24, 2.45) is 5.41 Å². The van der Waals surface area contributed by atoms with Gasteiger partial charge in [-0.3, -0.25) is 4.90 Å². The number of ether oxygens (including phenoxy) is 2. The summed E-state index contributed by atoms with van der Waals surface area (Å²) in [6, 6.07) is 0.541. The van der Waals surface area contributed by atoms with Crippen molar-refractivity contribution in [3.63, 3.8) is 0 Å². The number of hydrogen-bond acceptors (Lipinski definition) is 4. The monoisotopic (exact) mass is 256 g/mol. The number of nitrogens with zero attached hydrogens (tertiary/aromatic N) is 1. The van der Waals surface area contributed by atoms with Crippen molar-refractivity contribution in [1.82, 2.24) is 10.2 Å². The fourth-order valence-electron chi connectivity index (χ4n) is 3.05. The van der Waals surface area contributed by atoms with Crippen molar-refractivity contribution in [3.05, 3.63) is 0 Å². The fraction of sp³-hybridized carbons (Fsp3) is 1.00. The van der Waals surface area contributed by atoms with Gasteiger partial charge in [-0.05, 0) is 26.3 Å². The molecule has 4 nitrogen and oxygen atoms in total. The zero-order chi connectivity index (χ0) is 12.8. The molecule has 2 heterocycles. The first-order valence-electron chi connectivity index (χ1n) is 7.36. The standard InChI is InChI=1S/C14H28N2O2/c1-3-15-10-14(5-4-7-18-12-14)11-16-6-8-17-9-13(16)2/h13,15H,3-12H2,1-2H3. The molecule has 2 unspecified atom stereocenters. The van der Waals surface area contributed by atoms with Crippen molar-refractivity contribution in [2.45, 2.75) is 32.7 Å². The summed E-state index contributed by atoms with van der Waals surface area (Å²) < 4.78 is 11.3. The first-order chi connectivity index (χ1) is 8.76. The highest BCUT2D eigenvalue weighted by molar-refractivity contribution is 4.89. The van der Waals surface area contributed by atoms with Gasteiger partial charge in [-0.25, -0.2) is 0 Å². The first-order valence-corrected chi connectivity index (χ1v) is 7.36. The highest BCUT2D eigenvalue weighted by Gasteiger charge is 2.36. The zero-order valence-corrected chi connectivity index (χ0v) is 11.9. The Morgan fingerprint density at radius 2 is 2.22 bits per heavy atom. The third kappa shape index (κ3) is 3.67. The third-order valence-corrected chi connectivity index (χ3v) is 4.20. The Balaban J connectivity index is 1.94. The summed E-state index contributed by atoms with van der Waals surface area (Å²) in [5.41, 5.74) is 0.305. The molecule has 18 heavy (non-hydrogen) atoms. The van der Waals surface area contributed by atoms with E-state index in [1.54, 1.807) is 0 Å². The van der Waals surface area contributed by atoms with Gasteiger partial charge >= 0.3 is 0 Å². The van der Waals surface area contributed by atoms with Gasteiger partial charge in [0.25, 0.3) is 0 Å². The van der Waals surface area contributed by atoms with Crippen molar-refractivity contribution >= 4 is 0 Å². The fourth-order valence-corrected chi connectivity index (χ4v) is 3.05. The Morgan fingerprint density at radius 1 is 1.33 bits per heavy atom. The Morgan fingerprint density at radius 3 is 2.89 bits per heavy atom. The van der Waals surface area contributed by atoms with Gasteiger partial charge in [0.2, 0.25) is 0 Å². The molecule has 0 radical (unpaired) electrons. The predicted octanol–water partition coefficient (Wildman–Crippen LogP) is 1.11. The number of nitrogens with one attached hydrogen (secondary N) is 1. The Hall–Kier alpha value is -0.160. The molecule has 4 heteroatoms. The molecular weight excluding hydrogens is 228 g/mol. The maximum atomic E-state index is 5.76. The Kier molecular flexibility index (Phi) is 5.42. The molecule has 1 N–H and O–H groups in total. The average Bonchev–Trinajstić information content (AvgIpc) is 2.40. The van der Waals surface area contributed by atoms with Gasteiger partial charge in [0.05, 0.1) is 19.8 Å². The van der Waals surface area contributed by atoms with Crippen LogP contribution in [0, 0.1) is 5.41 Å². The molecule has 0 aliphatic carbocycles. The minimum Gasteiger partial charge on any atom is -0.381 e. The van der Waals surface area contributed by atoms with E-state index in [1.165, 1.54) is 12.8 Å². The normalized spacial score (nSPS) is 34.7. The second-order valence-corrected chi connectivity index (χ2v) is 5.83. The average molecular weight is 256 g/mol. The van der Waals surface area contributed by atoms with E-state index >= 15 is 0 Å². The molecule has 0 saturated carbocycles. The van der Waals surface area contributed by atoms with E-state index in [9.17, 15) is 0 Å². The van der Waals surface area contributed by atoms with E-state index in [4.69, 9.17) is 9.47 Å². The van der Waals surface area contributed by atoms with E-state index < -0.39 is 0 Å². The summed E-state index contributed by atoms with van der Waals surface area (Å²) in [5.74, 6) is 0. The van der Waals surface area contributed by atoms with Crippen LogP contribution in [0.3, 0.4) is 0 Å². The number of morpholine rings is 1. The van der Waals surface area contributed by atoms with Gasteiger partial charge in [-0.2, -0.15) is 0 Å². The number of hydrogen-bond donors (Lipinski definition) is 1. The van der Waals surface area contributed by atoms with E-state index in [1.807, 2.05) is 0 Å². The topological polar surface area (TPSA) is 33.7 Å². The van der Waals surface area contributed by atoms with Crippen molar-refractivity contribution in [2.75, 3.05) is 52.6 Å². The van der Waals surface area contributed by atoms with Gasteiger partial charge in [0, 0.05) is 37.7 Å². The molecule has 0 amide bonds. The molecule has 2 rings (SSSR count). The summed E-state index contributed by atoms with van der Waals surface area (Å²) in [6.07, 6.45) is 2.48. The Labute approximate surface area is 111 Å². The molecular formula is C14H28N2O2. The smallest absolute Gasteiger partial charge is 0.0619 e. The minimum atomic E-state index is 0.305. The van der Waals surface area contributed by atoms with Crippen LogP contribution in [0.1, 0.15) is 26.7 Å². The summed E-state index contributed by atoms with van der Waals surface area (Å²) >= 11 is 0. The van der Waals surface area contributed by atoms with E-state index in [0.717, 1.165) is 52.6 Å². The van der Waals surface area contributed by atoms with Crippen molar-refractivity contribution < 1.29 is 9.47 Å². The molecule has 2 aliphatic heterocycles. The van der Waals surface area contributed by atoms with Crippen LogP contribution in [0.2, 0.25) is 0 Å². The van der Waals surface area contributed by atoms with Crippen LogP contribution in [-0.2, 0) is 9.47 Å². The maximum absolute atomic E-state index is 5.76. The molecule has 2 fully saturated rings. The summed E-state index contributed by atoms with van der Waals surface area (Å²) in [6.45, 7) is 12.4. The van der Waals surface area contributed by atoms with Gasteiger partial charge in [-0.15, -0.1) is 0 Å². The van der Waals surface area contributed by atoms with E-state index in [0.29, 0.717) is 11.5 Å². The van der Waals surface area contributed by atoms with Crippen LogP contribution in [0.25, 0.3) is 0 Å².